The number of nitrogens with two attached hydrogens (primary N) is 1. The smallest absolute Gasteiger partial charge is 0.248 e. The monoisotopic (exact) mass is 563 g/mol. The van der Waals surface area contributed by atoms with Crippen molar-refractivity contribution in [1.29, 1.82) is 0 Å². The van der Waals surface area contributed by atoms with Gasteiger partial charge in [-0.1, -0.05) is 19.1 Å². The molecule has 4 aromatic rings. The zero-order chi connectivity index (χ0) is 26.1. The molecule has 4 heterocycles. The third kappa shape index (κ3) is 3.71. The number of hydrogen-bond donors (Lipinski definition) is 2. The molecule has 1 aliphatic heterocycles. The molecule has 3 N–H and O–H groups in total. The third-order valence-electron chi connectivity index (χ3n) is 7.70. The molecule has 0 spiro atoms. The maximum Gasteiger partial charge on any atom is 0.248 e. The number of ether oxygens (including phenoxy) is 1. The molecule has 3 aromatic heterocycles. The van der Waals surface area contributed by atoms with Crippen molar-refractivity contribution in [2.45, 2.75) is 45.3 Å². The average Bonchev–Trinajstić information content (AvgIpc) is 3.27. The van der Waals surface area contributed by atoms with E-state index in [9.17, 15) is 9.59 Å². The first-order valence-corrected chi connectivity index (χ1v) is 12.8. The van der Waals surface area contributed by atoms with E-state index >= 15 is 0 Å². The SMILES string of the molecule is COc1cccc2c1c1c(N)ncnc1n2CC(=O)N1C2C[C@]2(C)C[C@H]1C(=O)Nc1nc(Br)ccc1C. The number of carbonyl (C=O) groups excluding carboxylic acids is 2. The van der Waals surface area contributed by atoms with E-state index in [-0.39, 0.29) is 29.8 Å². The minimum atomic E-state index is -0.584. The number of rotatable bonds is 5. The van der Waals surface area contributed by atoms with Crippen LogP contribution >= 0.6 is 15.9 Å². The highest BCUT2D eigenvalue weighted by atomic mass is 79.9. The Labute approximate surface area is 221 Å². The molecule has 11 heteroatoms. The number of fused-ring (bicyclic) bond motifs is 4. The summed E-state index contributed by atoms with van der Waals surface area (Å²) in [5.41, 5.74) is 8.34. The molecule has 1 unspecified atom stereocenters. The second kappa shape index (κ2) is 8.41. The van der Waals surface area contributed by atoms with Gasteiger partial charge < -0.3 is 25.3 Å². The van der Waals surface area contributed by atoms with Gasteiger partial charge in [0, 0.05) is 6.04 Å². The van der Waals surface area contributed by atoms with Gasteiger partial charge in [-0.15, -0.1) is 0 Å². The highest BCUT2D eigenvalue weighted by molar-refractivity contribution is 9.10. The number of amides is 2. The fraction of sp³-hybridized carbons (Fsp3) is 0.346. The number of carbonyl (C=O) groups is 2. The van der Waals surface area contributed by atoms with Crippen LogP contribution in [0.15, 0.2) is 41.3 Å². The maximum absolute atomic E-state index is 13.9. The standard InChI is InChI=1S/C26H26BrN7O3/c1-13-7-8-18(27)31-23(13)32-25(36)15-9-26(2)10-17(26)34(15)19(35)11-33-14-5-4-6-16(37-3)20(14)21-22(28)29-12-30-24(21)33/h4-8,12,15,17H,9-11H2,1-3H3,(H2,28,29,30)(H,31,32,36)/t15-,17?,26-/m0/s1. The van der Waals surface area contributed by atoms with E-state index in [0.29, 0.717) is 39.4 Å². The first kappa shape index (κ1) is 23.7. The fourth-order valence-electron chi connectivity index (χ4n) is 5.68. The molecule has 1 aliphatic carbocycles. The number of aromatic nitrogens is 4. The summed E-state index contributed by atoms with van der Waals surface area (Å²) in [5, 5.41) is 4.35. The summed E-state index contributed by atoms with van der Waals surface area (Å²) < 4.78 is 8.05. The van der Waals surface area contributed by atoms with Gasteiger partial charge in [-0.05, 0) is 64.9 Å². The molecule has 190 valence electrons. The van der Waals surface area contributed by atoms with Crippen molar-refractivity contribution in [1.82, 2.24) is 24.4 Å². The predicted molar refractivity (Wildman–Crippen MR) is 143 cm³/mol. The van der Waals surface area contributed by atoms with Crippen LogP contribution in [-0.4, -0.2) is 55.4 Å². The Morgan fingerprint density at radius 1 is 1.22 bits per heavy atom. The first-order chi connectivity index (χ1) is 17.7. The Kier molecular flexibility index (Phi) is 5.37. The maximum atomic E-state index is 13.9. The Hall–Kier alpha value is -3.73. The molecule has 10 nitrogen and oxygen atoms in total. The summed E-state index contributed by atoms with van der Waals surface area (Å²) in [6, 6.07) is 8.75. The van der Waals surface area contributed by atoms with Crippen LogP contribution in [0.2, 0.25) is 0 Å². The van der Waals surface area contributed by atoms with Gasteiger partial charge in [0.25, 0.3) is 0 Å². The number of nitrogens with zero attached hydrogens (tertiary/aromatic N) is 5. The van der Waals surface area contributed by atoms with Crippen LogP contribution in [0.3, 0.4) is 0 Å². The van der Waals surface area contributed by atoms with Crippen molar-refractivity contribution in [2.24, 2.45) is 5.41 Å². The normalized spacial score (nSPS) is 22.3. The van der Waals surface area contributed by atoms with E-state index in [1.165, 1.54) is 6.33 Å². The van der Waals surface area contributed by atoms with Gasteiger partial charge in [0.05, 0.1) is 23.4 Å². The molecule has 0 bridgehead atoms. The summed E-state index contributed by atoms with van der Waals surface area (Å²) in [7, 11) is 1.59. The second-order valence-corrected chi connectivity index (χ2v) is 10.9. The van der Waals surface area contributed by atoms with E-state index in [1.54, 1.807) is 12.0 Å². The number of likely N-dealkylation sites (tertiary alicyclic amines) is 1. The number of benzene rings is 1. The van der Waals surface area contributed by atoms with Crippen molar-refractivity contribution in [3.8, 4) is 5.75 Å². The summed E-state index contributed by atoms with van der Waals surface area (Å²) in [5.74, 6) is 1.05. The first-order valence-electron chi connectivity index (χ1n) is 12.0. The number of hydrogen-bond acceptors (Lipinski definition) is 7. The van der Waals surface area contributed by atoms with E-state index in [0.717, 1.165) is 22.9 Å². The molecule has 2 fully saturated rings. The Morgan fingerprint density at radius 3 is 2.81 bits per heavy atom. The predicted octanol–water partition coefficient (Wildman–Crippen LogP) is 3.66. The van der Waals surface area contributed by atoms with Crippen LogP contribution in [0.25, 0.3) is 21.9 Å². The van der Waals surface area contributed by atoms with E-state index in [1.807, 2.05) is 41.8 Å². The lowest BCUT2D eigenvalue weighted by atomic mass is 10.0. The lowest BCUT2D eigenvalue weighted by Gasteiger charge is -2.27. The Balaban J connectivity index is 1.36. The molecular weight excluding hydrogens is 538 g/mol. The van der Waals surface area contributed by atoms with Gasteiger partial charge in [-0.2, -0.15) is 0 Å². The van der Waals surface area contributed by atoms with Gasteiger partial charge in [-0.3, -0.25) is 9.59 Å². The second-order valence-electron chi connectivity index (χ2n) is 10.1. The van der Waals surface area contributed by atoms with Gasteiger partial charge >= 0.3 is 0 Å². The van der Waals surface area contributed by atoms with Crippen LogP contribution in [0.5, 0.6) is 5.75 Å². The summed E-state index contributed by atoms with van der Waals surface area (Å²) in [6.07, 6.45) is 2.88. The van der Waals surface area contributed by atoms with Crippen molar-refractivity contribution < 1.29 is 14.3 Å². The number of nitrogen functional groups attached to an aromatic ring is 1. The van der Waals surface area contributed by atoms with E-state index < -0.39 is 6.04 Å². The van der Waals surface area contributed by atoms with Crippen LogP contribution in [0.4, 0.5) is 11.6 Å². The molecule has 2 aliphatic rings. The van der Waals surface area contributed by atoms with Crippen molar-refractivity contribution >= 4 is 61.3 Å². The topological polar surface area (TPSA) is 128 Å². The minimum Gasteiger partial charge on any atom is -0.496 e. The molecule has 0 radical (unpaired) electrons. The molecule has 1 aromatic carbocycles. The number of methoxy groups -OCH3 is 1. The van der Waals surface area contributed by atoms with Crippen molar-refractivity contribution in [2.75, 3.05) is 18.2 Å². The molecular formula is C26H26BrN7O3. The molecule has 1 saturated heterocycles. The zero-order valence-corrected chi connectivity index (χ0v) is 22.2. The molecule has 2 amide bonds. The highest BCUT2D eigenvalue weighted by Gasteiger charge is 2.64. The number of aryl methyl sites for hydroxylation is 1. The summed E-state index contributed by atoms with van der Waals surface area (Å²) in [6.45, 7) is 4.02. The molecule has 3 atom stereocenters. The molecule has 1 saturated carbocycles. The van der Waals surface area contributed by atoms with Crippen LogP contribution < -0.4 is 15.8 Å². The van der Waals surface area contributed by atoms with Crippen LogP contribution in [-0.2, 0) is 16.1 Å². The Morgan fingerprint density at radius 2 is 2.03 bits per heavy atom. The van der Waals surface area contributed by atoms with Gasteiger partial charge in [-0.25, -0.2) is 15.0 Å². The lowest BCUT2D eigenvalue weighted by molar-refractivity contribution is -0.138. The quantitative estimate of drug-likeness (QED) is 0.354. The average molecular weight is 564 g/mol. The summed E-state index contributed by atoms with van der Waals surface area (Å²) >= 11 is 3.36. The highest BCUT2D eigenvalue weighted by Crippen LogP contribution is 2.59. The number of pyridine rings is 1. The number of piperidine rings is 1. The lowest BCUT2D eigenvalue weighted by Crippen LogP contribution is -2.46. The molecule has 37 heavy (non-hydrogen) atoms. The number of nitrogens with one attached hydrogen (secondary N) is 1. The molecule has 6 rings (SSSR count). The van der Waals surface area contributed by atoms with E-state index in [4.69, 9.17) is 10.5 Å². The van der Waals surface area contributed by atoms with Crippen LogP contribution in [0.1, 0.15) is 25.3 Å². The number of anilines is 2. The minimum absolute atomic E-state index is 0.00808. The van der Waals surface area contributed by atoms with Crippen LogP contribution in [0, 0.1) is 12.3 Å². The largest absolute Gasteiger partial charge is 0.496 e. The summed E-state index contributed by atoms with van der Waals surface area (Å²) in [4.78, 5) is 42.1. The number of halogens is 1. The van der Waals surface area contributed by atoms with Gasteiger partial charge in [0.2, 0.25) is 11.8 Å². The van der Waals surface area contributed by atoms with Gasteiger partial charge in [0.15, 0.2) is 0 Å². The van der Waals surface area contributed by atoms with Gasteiger partial charge in [0.1, 0.15) is 46.5 Å². The van der Waals surface area contributed by atoms with Crippen molar-refractivity contribution in [3.63, 3.8) is 0 Å². The fourth-order valence-corrected chi connectivity index (χ4v) is 5.99. The zero-order valence-electron chi connectivity index (χ0n) is 20.7. The van der Waals surface area contributed by atoms with E-state index in [2.05, 4.69) is 43.1 Å². The third-order valence-corrected chi connectivity index (χ3v) is 8.14. The van der Waals surface area contributed by atoms with Crippen molar-refractivity contribution in [3.05, 3.63) is 46.8 Å². The Bertz CT molecular complexity index is 1600.